The number of benzene rings is 1. The predicted octanol–water partition coefficient (Wildman–Crippen LogP) is 4.02. The molecule has 64 valence electrons. The molecule has 12 heavy (non-hydrogen) atoms. The van der Waals surface area contributed by atoms with Crippen molar-refractivity contribution < 1.29 is 0 Å². The van der Waals surface area contributed by atoms with Crippen molar-refractivity contribution in [1.29, 1.82) is 0 Å². The molecule has 0 radical (unpaired) electrons. The molecule has 1 atom stereocenters. The molecule has 0 nitrogen and oxygen atoms in total. The fraction of sp³-hybridized carbons (Fsp3) is 0.273. The summed E-state index contributed by atoms with van der Waals surface area (Å²) in [5, 5.41) is 0.837. The Balaban J connectivity index is 3.00. The van der Waals surface area contributed by atoms with Crippen LogP contribution < -0.4 is 0 Å². The van der Waals surface area contributed by atoms with Gasteiger partial charge in [0.2, 0.25) is 0 Å². The van der Waals surface area contributed by atoms with Crippen molar-refractivity contribution in [3.8, 4) is 0 Å². The van der Waals surface area contributed by atoms with Crippen molar-refractivity contribution in [1.82, 2.24) is 0 Å². The lowest BCUT2D eigenvalue weighted by Crippen LogP contribution is -1.92. The summed E-state index contributed by atoms with van der Waals surface area (Å²) in [6.07, 6.45) is 2.99. The Labute approximate surface area is 78.9 Å². The van der Waals surface area contributed by atoms with Crippen LogP contribution >= 0.6 is 11.6 Å². The van der Waals surface area contributed by atoms with Crippen molar-refractivity contribution in [2.45, 2.75) is 19.3 Å². The highest BCUT2D eigenvalue weighted by Gasteiger charge is 2.07. The average molecular weight is 181 g/mol. The zero-order valence-corrected chi connectivity index (χ0v) is 8.01. The molecule has 0 aliphatic rings. The monoisotopic (exact) mass is 180 g/mol. The van der Waals surface area contributed by atoms with E-state index in [4.69, 9.17) is 11.6 Å². The molecule has 1 heteroatoms. The van der Waals surface area contributed by atoms with Gasteiger partial charge in [-0.3, -0.25) is 0 Å². The molecule has 0 saturated heterocycles. The maximum absolute atomic E-state index is 6.03. The quantitative estimate of drug-likeness (QED) is 0.617. The van der Waals surface area contributed by atoms with E-state index in [2.05, 4.69) is 19.6 Å². The standard InChI is InChI=1S/C11H13Cl/c1-3-9(4-2)10-7-5-6-8-11(10)12/h3,5-9H,1,4H2,2H3. The molecule has 1 aromatic carbocycles. The topological polar surface area (TPSA) is 0 Å². The van der Waals surface area contributed by atoms with E-state index in [0.717, 1.165) is 11.4 Å². The molecule has 0 aliphatic heterocycles. The molecule has 0 amide bonds. The minimum atomic E-state index is 0.388. The van der Waals surface area contributed by atoms with Gasteiger partial charge in [-0.15, -0.1) is 6.58 Å². The Hall–Kier alpha value is -0.750. The third-order valence-corrected chi connectivity index (χ3v) is 2.37. The van der Waals surface area contributed by atoms with Gasteiger partial charge >= 0.3 is 0 Å². The van der Waals surface area contributed by atoms with E-state index in [1.54, 1.807) is 0 Å². The summed E-state index contributed by atoms with van der Waals surface area (Å²) < 4.78 is 0. The predicted molar refractivity (Wildman–Crippen MR) is 54.7 cm³/mol. The molecule has 1 unspecified atom stereocenters. The van der Waals surface area contributed by atoms with Gasteiger partial charge in [0.25, 0.3) is 0 Å². The van der Waals surface area contributed by atoms with Gasteiger partial charge in [0.1, 0.15) is 0 Å². The largest absolute Gasteiger partial charge is 0.102 e. The zero-order chi connectivity index (χ0) is 8.97. The highest BCUT2D eigenvalue weighted by Crippen LogP contribution is 2.27. The lowest BCUT2D eigenvalue weighted by molar-refractivity contribution is 0.807. The van der Waals surface area contributed by atoms with Crippen LogP contribution in [0.3, 0.4) is 0 Å². The first-order valence-electron chi connectivity index (χ1n) is 4.16. The molecule has 1 rings (SSSR count). The third-order valence-electron chi connectivity index (χ3n) is 2.03. The number of hydrogen-bond donors (Lipinski definition) is 0. The van der Waals surface area contributed by atoms with Crippen LogP contribution in [0, 0.1) is 0 Å². The Bertz CT molecular complexity index is 265. The Morgan fingerprint density at radius 3 is 2.67 bits per heavy atom. The van der Waals surface area contributed by atoms with Crippen LogP contribution in [0.1, 0.15) is 24.8 Å². The molecule has 0 aromatic heterocycles. The van der Waals surface area contributed by atoms with Crippen molar-refractivity contribution in [3.05, 3.63) is 47.5 Å². The van der Waals surface area contributed by atoms with Gasteiger partial charge in [-0.2, -0.15) is 0 Å². The summed E-state index contributed by atoms with van der Waals surface area (Å²) in [4.78, 5) is 0. The molecular formula is C11H13Cl. The molecule has 0 N–H and O–H groups in total. The highest BCUT2D eigenvalue weighted by atomic mass is 35.5. The van der Waals surface area contributed by atoms with E-state index >= 15 is 0 Å². The van der Waals surface area contributed by atoms with E-state index in [0.29, 0.717) is 5.92 Å². The summed E-state index contributed by atoms with van der Waals surface area (Å²) in [6.45, 7) is 5.93. The average Bonchev–Trinajstić information content (AvgIpc) is 2.10. The Morgan fingerprint density at radius 2 is 2.17 bits per heavy atom. The number of allylic oxidation sites excluding steroid dienone is 1. The molecule has 0 spiro atoms. The highest BCUT2D eigenvalue weighted by molar-refractivity contribution is 6.31. The van der Waals surface area contributed by atoms with Crippen LogP contribution in [0.4, 0.5) is 0 Å². The Kier molecular flexibility index (Phi) is 3.36. The van der Waals surface area contributed by atoms with Gasteiger partial charge in [0.05, 0.1) is 0 Å². The van der Waals surface area contributed by atoms with Gasteiger partial charge in [0.15, 0.2) is 0 Å². The van der Waals surface area contributed by atoms with Gasteiger partial charge in [0, 0.05) is 10.9 Å². The van der Waals surface area contributed by atoms with Crippen LogP contribution in [-0.2, 0) is 0 Å². The summed E-state index contributed by atoms with van der Waals surface area (Å²) in [5.74, 6) is 0.388. The molecule has 0 fully saturated rings. The zero-order valence-electron chi connectivity index (χ0n) is 7.26. The van der Waals surface area contributed by atoms with Crippen molar-refractivity contribution in [2.24, 2.45) is 0 Å². The first-order chi connectivity index (χ1) is 5.79. The molecule has 0 saturated carbocycles. The molecule has 0 heterocycles. The first kappa shape index (κ1) is 9.34. The summed E-state index contributed by atoms with van der Waals surface area (Å²) in [5.41, 5.74) is 1.18. The summed E-state index contributed by atoms with van der Waals surface area (Å²) in [6, 6.07) is 7.93. The second kappa shape index (κ2) is 4.32. The molecule has 1 aromatic rings. The normalized spacial score (nSPS) is 12.5. The minimum absolute atomic E-state index is 0.388. The maximum Gasteiger partial charge on any atom is 0.0443 e. The lowest BCUT2D eigenvalue weighted by atomic mass is 9.97. The van der Waals surface area contributed by atoms with Gasteiger partial charge in [-0.05, 0) is 18.1 Å². The van der Waals surface area contributed by atoms with Crippen LogP contribution in [0.15, 0.2) is 36.9 Å². The fourth-order valence-electron chi connectivity index (χ4n) is 1.29. The van der Waals surface area contributed by atoms with Crippen molar-refractivity contribution in [2.75, 3.05) is 0 Å². The van der Waals surface area contributed by atoms with E-state index in [1.807, 2.05) is 24.3 Å². The molecular weight excluding hydrogens is 168 g/mol. The minimum Gasteiger partial charge on any atom is -0.102 e. The summed E-state index contributed by atoms with van der Waals surface area (Å²) >= 11 is 6.03. The number of rotatable bonds is 3. The SMILES string of the molecule is C=CC(CC)c1ccccc1Cl. The fourth-order valence-corrected chi connectivity index (χ4v) is 1.57. The smallest absolute Gasteiger partial charge is 0.0443 e. The lowest BCUT2D eigenvalue weighted by Gasteiger charge is -2.11. The van der Waals surface area contributed by atoms with Crippen molar-refractivity contribution in [3.63, 3.8) is 0 Å². The van der Waals surface area contributed by atoms with Gasteiger partial charge in [-0.1, -0.05) is 42.8 Å². The Morgan fingerprint density at radius 1 is 1.50 bits per heavy atom. The van der Waals surface area contributed by atoms with E-state index in [9.17, 15) is 0 Å². The second-order valence-electron chi connectivity index (χ2n) is 2.77. The van der Waals surface area contributed by atoms with E-state index < -0.39 is 0 Å². The first-order valence-corrected chi connectivity index (χ1v) is 4.54. The number of hydrogen-bond acceptors (Lipinski definition) is 0. The maximum atomic E-state index is 6.03. The van der Waals surface area contributed by atoms with Crippen LogP contribution in [0.25, 0.3) is 0 Å². The van der Waals surface area contributed by atoms with Gasteiger partial charge in [-0.25, -0.2) is 0 Å². The van der Waals surface area contributed by atoms with E-state index in [-0.39, 0.29) is 0 Å². The third kappa shape index (κ3) is 1.89. The number of halogens is 1. The second-order valence-corrected chi connectivity index (χ2v) is 3.18. The van der Waals surface area contributed by atoms with Gasteiger partial charge < -0.3 is 0 Å². The van der Waals surface area contributed by atoms with Crippen LogP contribution in [0.5, 0.6) is 0 Å². The molecule has 0 bridgehead atoms. The van der Waals surface area contributed by atoms with Crippen molar-refractivity contribution >= 4 is 11.6 Å². The van der Waals surface area contributed by atoms with Crippen LogP contribution in [0.2, 0.25) is 5.02 Å². The molecule has 0 aliphatic carbocycles. The van der Waals surface area contributed by atoms with Crippen LogP contribution in [-0.4, -0.2) is 0 Å². The van der Waals surface area contributed by atoms with E-state index in [1.165, 1.54) is 5.56 Å². The summed E-state index contributed by atoms with van der Waals surface area (Å²) in [7, 11) is 0.